The number of benzodiazepines with no additional fused rings is 1. The predicted octanol–water partition coefficient (Wildman–Crippen LogP) is 4.77. The Labute approximate surface area is 223 Å². The van der Waals surface area contributed by atoms with Crippen LogP contribution < -0.4 is 10.2 Å². The van der Waals surface area contributed by atoms with Crippen molar-refractivity contribution in [2.75, 3.05) is 11.9 Å². The van der Waals surface area contributed by atoms with Crippen molar-refractivity contribution in [1.29, 1.82) is 0 Å². The number of aliphatic carboxylic acids is 1. The Balaban J connectivity index is 1.75. The van der Waals surface area contributed by atoms with Crippen LogP contribution in [0.25, 0.3) is 0 Å². The summed E-state index contributed by atoms with van der Waals surface area (Å²) in [5.74, 6) is -6.27. The van der Waals surface area contributed by atoms with E-state index in [1.807, 2.05) is 6.07 Å². The van der Waals surface area contributed by atoms with Gasteiger partial charge in [0.05, 0.1) is 23.2 Å². The summed E-state index contributed by atoms with van der Waals surface area (Å²) in [6.45, 7) is 0. The number of halogens is 3. The quantitative estimate of drug-likeness (QED) is 0.433. The van der Waals surface area contributed by atoms with Gasteiger partial charge in [0.25, 0.3) is 5.91 Å². The number of likely N-dealkylation sites (N-methyl/N-ethyl adjacent to an activating group) is 1. The lowest BCUT2D eigenvalue weighted by Gasteiger charge is -2.26. The molecule has 3 aromatic carbocycles. The van der Waals surface area contributed by atoms with Gasteiger partial charge >= 0.3 is 12.1 Å². The number of para-hydroxylation sites is 1. The number of aliphatic imine (C=N–C) groups is 1. The van der Waals surface area contributed by atoms with Gasteiger partial charge in [-0.15, -0.1) is 0 Å². The van der Waals surface area contributed by atoms with E-state index in [0.717, 1.165) is 0 Å². The van der Waals surface area contributed by atoms with Gasteiger partial charge in [0.2, 0.25) is 12.1 Å². The minimum atomic E-state index is -4.61. The molecule has 0 aromatic heterocycles. The standard InChI is InChI=1S/C29H26F3N3O4/c1-35-22-15-9-8-14-20(22)24(19-12-6-3-7-13-19)33-25(27(35)37)34-26(36)21(16-17-29(30,31)32)23(28(38)39)18-10-4-2-5-11-18/h2-15,21,23,25H,16-17H2,1H3,(H,34,36)(H,38,39). The van der Waals surface area contributed by atoms with Crippen LogP contribution in [-0.2, 0) is 14.4 Å². The summed E-state index contributed by atoms with van der Waals surface area (Å²) in [6, 6.07) is 23.6. The molecule has 0 radical (unpaired) electrons. The highest BCUT2D eigenvalue weighted by Gasteiger charge is 2.40. The molecule has 0 bridgehead atoms. The maximum atomic E-state index is 13.5. The number of nitrogens with zero attached hydrogens (tertiary/aromatic N) is 2. The van der Waals surface area contributed by atoms with E-state index in [-0.39, 0.29) is 5.56 Å². The highest BCUT2D eigenvalue weighted by atomic mass is 19.4. The second kappa shape index (κ2) is 11.5. The molecule has 1 aliphatic heterocycles. The van der Waals surface area contributed by atoms with Gasteiger partial charge in [-0.25, -0.2) is 4.99 Å². The van der Waals surface area contributed by atoms with Gasteiger partial charge in [-0.3, -0.25) is 14.4 Å². The van der Waals surface area contributed by atoms with Crippen molar-refractivity contribution >= 4 is 29.2 Å². The zero-order valence-electron chi connectivity index (χ0n) is 20.9. The molecule has 0 spiro atoms. The first-order chi connectivity index (χ1) is 18.6. The van der Waals surface area contributed by atoms with E-state index < -0.39 is 54.8 Å². The zero-order valence-corrected chi connectivity index (χ0v) is 20.9. The SMILES string of the molecule is CN1C(=O)C(NC(=O)C(CCC(F)(F)F)C(C(=O)O)c2ccccc2)N=C(c2ccccc2)c2ccccc21. The van der Waals surface area contributed by atoms with Crippen LogP contribution in [0.1, 0.15) is 35.4 Å². The summed E-state index contributed by atoms with van der Waals surface area (Å²) >= 11 is 0. The normalized spacial score (nSPS) is 16.9. The lowest BCUT2D eigenvalue weighted by molar-refractivity contribution is -0.150. The molecule has 202 valence electrons. The third-order valence-corrected chi connectivity index (χ3v) is 6.57. The molecule has 2 N–H and O–H groups in total. The lowest BCUT2D eigenvalue weighted by atomic mass is 9.82. The number of carbonyl (C=O) groups excluding carboxylic acids is 2. The summed E-state index contributed by atoms with van der Waals surface area (Å²) in [4.78, 5) is 45.1. The number of amides is 2. The molecule has 39 heavy (non-hydrogen) atoms. The Hall–Kier alpha value is -4.47. The van der Waals surface area contributed by atoms with Gasteiger partial charge in [-0.05, 0) is 18.1 Å². The molecule has 2 amide bonds. The van der Waals surface area contributed by atoms with Crippen molar-refractivity contribution in [3.8, 4) is 0 Å². The molecular formula is C29H26F3N3O4. The van der Waals surface area contributed by atoms with Crippen LogP contribution >= 0.6 is 0 Å². The number of carbonyl (C=O) groups is 3. The number of nitrogens with one attached hydrogen (secondary N) is 1. The summed E-state index contributed by atoms with van der Waals surface area (Å²) in [5, 5.41) is 12.4. The van der Waals surface area contributed by atoms with Crippen LogP contribution in [0.5, 0.6) is 0 Å². The van der Waals surface area contributed by atoms with E-state index in [4.69, 9.17) is 0 Å². The molecule has 0 aliphatic carbocycles. The number of hydrogen-bond donors (Lipinski definition) is 2. The van der Waals surface area contributed by atoms with Crippen LogP contribution in [0.15, 0.2) is 89.9 Å². The smallest absolute Gasteiger partial charge is 0.389 e. The Morgan fingerprint density at radius 2 is 1.56 bits per heavy atom. The molecule has 3 unspecified atom stereocenters. The fraction of sp³-hybridized carbons (Fsp3) is 0.241. The van der Waals surface area contributed by atoms with Crippen molar-refractivity contribution < 1.29 is 32.7 Å². The number of carboxylic acids is 1. The molecule has 7 nitrogen and oxygen atoms in total. The third-order valence-electron chi connectivity index (χ3n) is 6.57. The molecule has 0 fully saturated rings. The maximum absolute atomic E-state index is 13.5. The predicted molar refractivity (Wildman–Crippen MR) is 139 cm³/mol. The first-order valence-electron chi connectivity index (χ1n) is 12.2. The Morgan fingerprint density at radius 3 is 2.18 bits per heavy atom. The van der Waals surface area contributed by atoms with Gasteiger partial charge in [0.1, 0.15) is 0 Å². The molecule has 3 atom stereocenters. The summed E-state index contributed by atoms with van der Waals surface area (Å²) in [5.41, 5.74) is 2.39. The fourth-order valence-electron chi connectivity index (χ4n) is 4.66. The van der Waals surface area contributed by atoms with Gasteiger partial charge in [-0.1, -0.05) is 78.9 Å². The van der Waals surface area contributed by atoms with E-state index in [0.29, 0.717) is 22.5 Å². The highest BCUT2D eigenvalue weighted by molar-refractivity contribution is 6.20. The number of carboxylic acid groups (broad SMARTS) is 1. The minimum absolute atomic E-state index is 0.178. The zero-order chi connectivity index (χ0) is 28.2. The average Bonchev–Trinajstić information content (AvgIpc) is 3.02. The van der Waals surface area contributed by atoms with E-state index in [1.54, 1.807) is 66.7 Å². The molecule has 10 heteroatoms. The molecule has 1 heterocycles. The largest absolute Gasteiger partial charge is 0.481 e. The monoisotopic (exact) mass is 537 g/mol. The molecular weight excluding hydrogens is 511 g/mol. The molecule has 1 aliphatic rings. The number of anilines is 1. The average molecular weight is 538 g/mol. The lowest BCUT2D eigenvalue weighted by Crippen LogP contribution is -2.49. The number of rotatable bonds is 8. The van der Waals surface area contributed by atoms with Gasteiger partial charge < -0.3 is 15.3 Å². The van der Waals surface area contributed by atoms with Crippen LogP contribution in [0, 0.1) is 5.92 Å². The topological polar surface area (TPSA) is 99.1 Å². The van der Waals surface area contributed by atoms with Gasteiger partial charge in [0, 0.05) is 24.6 Å². The first-order valence-corrected chi connectivity index (χ1v) is 12.2. The second-order valence-corrected chi connectivity index (χ2v) is 9.16. The number of fused-ring (bicyclic) bond motifs is 1. The van der Waals surface area contributed by atoms with Crippen molar-refractivity contribution in [3.63, 3.8) is 0 Å². The highest BCUT2D eigenvalue weighted by Crippen LogP contribution is 2.34. The Bertz CT molecular complexity index is 1380. The minimum Gasteiger partial charge on any atom is -0.481 e. The van der Waals surface area contributed by atoms with E-state index in [9.17, 15) is 32.7 Å². The van der Waals surface area contributed by atoms with E-state index in [1.165, 1.54) is 24.1 Å². The van der Waals surface area contributed by atoms with Crippen molar-refractivity contribution in [1.82, 2.24) is 5.32 Å². The Kier molecular flexibility index (Phi) is 8.13. The van der Waals surface area contributed by atoms with Crippen molar-refractivity contribution in [3.05, 3.63) is 102 Å². The van der Waals surface area contributed by atoms with E-state index >= 15 is 0 Å². The second-order valence-electron chi connectivity index (χ2n) is 9.16. The Morgan fingerprint density at radius 1 is 0.974 bits per heavy atom. The third kappa shape index (κ3) is 6.34. The number of benzene rings is 3. The van der Waals surface area contributed by atoms with Crippen LogP contribution in [0.4, 0.5) is 18.9 Å². The maximum Gasteiger partial charge on any atom is 0.389 e. The van der Waals surface area contributed by atoms with E-state index in [2.05, 4.69) is 10.3 Å². The molecule has 4 rings (SSSR count). The summed E-state index contributed by atoms with van der Waals surface area (Å²) < 4.78 is 39.6. The summed E-state index contributed by atoms with van der Waals surface area (Å²) in [7, 11) is 1.51. The van der Waals surface area contributed by atoms with Crippen LogP contribution in [0.3, 0.4) is 0 Å². The van der Waals surface area contributed by atoms with Crippen LogP contribution in [-0.4, -0.2) is 48.0 Å². The molecule has 0 saturated heterocycles. The van der Waals surface area contributed by atoms with Crippen molar-refractivity contribution in [2.45, 2.75) is 31.1 Å². The van der Waals surface area contributed by atoms with Crippen molar-refractivity contribution in [2.24, 2.45) is 10.9 Å². The van der Waals surface area contributed by atoms with Crippen LogP contribution in [0.2, 0.25) is 0 Å². The van der Waals surface area contributed by atoms with Gasteiger partial charge in [-0.2, -0.15) is 13.2 Å². The summed E-state index contributed by atoms with van der Waals surface area (Å²) in [6.07, 6.45) is -8.27. The fourth-order valence-corrected chi connectivity index (χ4v) is 4.66. The number of hydrogen-bond acceptors (Lipinski definition) is 4. The molecule has 0 saturated carbocycles. The first kappa shape index (κ1) is 27.6. The number of alkyl halides is 3. The molecule has 3 aromatic rings. The van der Waals surface area contributed by atoms with Gasteiger partial charge in [0.15, 0.2) is 0 Å².